The predicted molar refractivity (Wildman–Crippen MR) is 182 cm³/mol. The smallest absolute Gasteiger partial charge is 0.315 e. The van der Waals surface area contributed by atoms with Crippen molar-refractivity contribution in [1.82, 2.24) is 9.88 Å². The Hall–Kier alpha value is -3.10. The van der Waals surface area contributed by atoms with Crippen LogP contribution in [0.3, 0.4) is 0 Å². The lowest BCUT2D eigenvalue weighted by Gasteiger charge is -2.60. The van der Waals surface area contributed by atoms with Gasteiger partial charge in [0.15, 0.2) is 6.20 Å². The summed E-state index contributed by atoms with van der Waals surface area (Å²) in [6.45, 7) is 10.4. The Morgan fingerprint density at radius 2 is 2.00 bits per heavy atom. The number of aldehydes is 1. The Balaban J connectivity index is 1.28. The SMILES string of the molecule is CCCCC1CC(C23C[C@@H]4[C@H](C)CC[C@H]4C4(C=O)CC2C=C(C(C)C)C34C(=O)O)OC1CN(Cc1ccccn1)Cc1cccc[n+]1[O-]. The van der Waals surface area contributed by atoms with Crippen LogP contribution in [0, 0.1) is 57.0 Å². The third-order valence-corrected chi connectivity index (χ3v) is 13.7. The van der Waals surface area contributed by atoms with E-state index in [2.05, 4.69) is 43.7 Å². The molecule has 2 aromatic heterocycles. The van der Waals surface area contributed by atoms with Crippen molar-refractivity contribution in [3.63, 3.8) is 0 Å². The van der Waals surface area contributed by atoms with E-state index in [9.17, 15) is 19.9 Å². The first-order valence-electron chi connectivity index (χ1n) is 18.5. The Kier molecular flexibility index (Phi) is 8.81. The zero-order chi connectivity index (χ0) is 33.8. The van der Waals surface area contributed by atoms with Crippen molar-refractivity contribution in [2.24, 2.45) is 51.8 Å². The van der Waals surface area contributed by atoms with Crippen molar-refractivity contribution in [3.05, 3.63) is 77.0 Å². The molecule has 0 spiro atoms. The molecular formula is C40H53N3O5. The Labute approximate surface area is 285 Å². The van der Waals surface area contributed by atoms with Crippen LogP contribution in [0.5, 0.6) is 0 Å². The molecule has 7 unspecified atom stereocenters. The van der Waals surface area contributed by atoms with Crippen LogP contribution in [-0.2, 0) is 27.4 Å². The summed E-state index contributed by atoms with van der Waals surface area (Å²) in [5.41, 5.74) is -0.229. The number of aliphatic carboxylic acids is 1. The number of carbonyl (C=O) groups excluding carboxylic acids is 1. The number of carboxylic acids is 1. The first-order chi connectivity index (χ1) is 23.1. The summed E-state index contributed by atoms with van der Waals surface area (Å²) >= 11 is 0. The number of nitrogens with zero attached hydrogens (tertiary/aromatic N) is 3. The normalized spacial score (nSPS) is 38.0. The van der Waals surface area contributed by atoms with Crippen LogP contribution in [0.2, 0.25) is 0 Å². The van der Waals surface area contributed by atoms with Gasteiger partial charge in [-0.3, -0.25) is 14.7 Å². The van der Waals surface area contributed by atoms with E-state index in [1.165, 1.54) is 0 Å². The van der Waals surface area contributed by atoms with Crippen LogP contribution < -0.4 is 4.73 Å². The van der Waals surface area contributed by atoms with Crippen LogP contribution in [0.4, 0.5) is 0 Å². The fourth-order valence-electron chi connectivity index (χ4n) is 11.9. The summed E-state index contributed by atoms with van der Waals surface area (Å²) < 4.78 is 8.30. The largest absolute Gasteiger partial charge is 0.618 e. The molecule has 1 aliphatic heterocycles. The highest BCUT2D eigenvalue weighted by Crippen LogP contribution is 2.84. The first kappa shape index (κ1) is 33.4. The minimum absolute atomic E-state index is 0.0120. The molecule has 1 N–H and O–H groups in total. The Morgan fingerprint density at radius 1 is 1.19 bits per heavy atom. The number of pyridine rings is 2. The molecule has 8 heteroatoms. The molecule has 3 heterocycles. The van der Waals surface area contributed by atoms with Gasteiger partial charge in [0.05, 0.1) is 29.9 Å². The number of carboxylic acid groups (broad SMARTS) is 1. The molecule has 0 amide bonds. The van der Waals surface area contributed by atoms with Crippen molar-refractivity contribution in [3.8, 4) is 0 Å². The number of unbranched alkanes of at least 4 members (excludes halogenated alkanes) is 1. The van der Waals surface area contributed by atoms with Crippen molar-refractivity contribution in [1.29, 1.82) is 0 Å². The van der Waals surface area contributed by atoms with Crippen LogP contribution in [0.1, 0.15) is 90.4 Å². The average Bonchev–Trinajstić information content (AvgIpc) is 3.78. The fraction of sp³-hybridized carbons (Fsp3) is 0.650. The number of aromatic nitrogens is 2. The summed E-state index contributed by atoms with van der Waals surface area (Å²) in [7, 11) is 0. The molecule has 1 saturated heterocycles. The molecule has 0 aromatic carbocycles. The number of hydrogen-bond acceptors (Lipinski definition) is 6. The molecule has 10 atom stereocenters. The van der Waals surface area contributed by atoms with Gasteiger partial charge >= 0.3 is 5.97 Å². The summed E-state index contributed by atoms with van der Waals surface area (Å²) in [5.74, 6) is 0.384. The molecule has 7 rings (SSSR count). The molecule has 258 valence electrons. The van der Waals surface area contributed by atoms with E-state index in [1.807, 2.05) is 30.3 Å². The zero-order valence-corrected chi connectivity index (χ0v) is 29.1. The van der Waals surface area contributed by atoms with Gasteiger partial charge in [-0.25, -0.2) is 0 Å². The number of rotatable bonds is 13. The van der Waals surface area contributed by atoms with E-state index in [-0.39, 0.29) is 35.9 Å². The lowest BCUT2D eigenvalue weighted by molar-refractivity contribution is -0.615. The van der Waals surface area contributed by atoms with Gasteiger partial charge in [0.1, 0.15) is 11.7 Å². The Morgan fingerprint density at radius 3 is 2.69 bits per heavy atom. The number of hydrogen-bond donors (Lipinski definition) is 1. The maximum absolute atomic E-state index is 14.2. The van der Waals surface area contributed by atoms with Gasteiger partial charge in [0.25, 0.3) is 0 Å². The zero-order valence-electron chi connectivity index (χ0n) is 29.1. The van der Waals surface area contributed by atoms with Crippen molar-refractivity contribution in [2.45, 2.75) is 104 Å². The van der Waals surface area contributed by atoms with Crippen molar-refractivity contribution >= 4 is 12.3 Å². The van der Waals surface area contributed by atoms with Gasteiger partial charge in [-0.2, -0.15) is 4.73 Å². The molecule has 4 fully saturated rings. The molecule has 4 aliphatic carbocycles. The first-order valence-corrected chi connectivity index (χ1v) is 18.5. The van der Waals surface area contributed by atoms with Crippen LogP contribution >= 0.6 is 0 Å². The number of ether oxygens (including phenoxy) is 1. The molecule has 2 aromatic rings. The van der Waals surface area contributed by atoms with Crippen molar-refractivity contribution in [2.75, 3.05) is 6.54 Å². The molecule has 0 radical (unpaired) electrons. The van der Waals surface area contributed by atoms with Gasteiger partial charge in [-0.15, -0.1) is 0 Å². The Bertz CT molecular complexity index is 1550. The minimum atomic E-state index is -1.24. The predicted octanol–water partition coefficient (Wildman–Crippen LogP) is 6.61. The van der Waals surface area contributed by atoms with Gasteiger partial charge in [-0.1, -0.05) is 64.7 Å². The second-order valence-electron chi connectivity index (χ2n) is 16.2. The minimum Gasteiger partial charge on any atom is -0.618 e. The molecular weight excluding hydrogens is 602 g/mol. The number of allylic oxidation sites excluding steroid dienone is 1. The second kappa shape index (κ2) is 12.7. The van der Waals surface area contributed by atoms with Gasteiger partial charge in [0, 0.05) is 36.8 Å². The van der Waals surface area contributed by atoms with E-state index < -0.39 is 22.2 Å². The van der Waals surface area contributed by atoms with Gasteiger partial charge in [-0.05, 0) is 85.8 Å². The molecule has 5 aliphatic rings. The van der Waals surface area contributed by atoms with Crippen LogP contribution in [0.25, 0.3) is 0 Å². The van der Waals surface area contributed by atoms with E-state index >= 15 is 0 Å². The monoisotopic (exact) mass is 655 g/mol. The topological polar surface area (TPSA) is 107 Å². The van der Waals surface area contributed by atoms with E-state index in [1.54, 1.807) is 18.5 Å². The molecule has 8 nitrogen and oxygen atoms in total. The molecule has 3 saturated carbocycles. The van der Waals surface area contributed by atoms with E-state index in [4.69, 9.17) is 4.74 Å². The lowest BCUT2D eigenvalue weighted by atomic mass is 9.41. The fourth-order valence-corrected chi connectivity index (χ4v) is 11.9. The summed E-state index contributed by atoms with van der Waals surface area (Å²) in [6, 6.07) is 11.4. The molecule has 48 heavy (non-hydrogen) atoms. The van der Waals surface area contributed by atoms with Gasteiger partial charge < -0.3 is 19.8 Å². The van der Waals surface area contributed by atoms with Crippen LogP contribution in [0.15, 0.2) is 60.4 Å². The number of carbonyl (C=O) groups is 2. The summed E-state index contributed by atoms with van der Waals surface area (Å²) in [4.78, 5) is 34.7. The molecule has 4 bridgehead atoms. The second-order valence-corrected chi connectivity index (χ2v) is 16.2. The highest BCUT2D eigenvalue weighted by molar-refractivity contribution is 5.90. The quantitative estimate of drug-likeness (QED) is 0.112. The van der Waals surface area contributed by atoms with E-state index in [0.29, 0.717) is 43.6 Å². The standard InChI is InChI=1S/C40H53N3O5/c1-5-6-11-28-18-36(48-35(28)24-42(22-30-12-7-9-16-41-30)23-31-13-8-10-17-43(31)47)39-21-32-27(4)14-15-33(32)38(25-44)20-29(39)19-34(26(2)3)40(38,39)37(45)46/h7-10,12-13,16-17,19,25-29,32-33,35-36H,5-6,11,14-15,18,20-24H2,1-4H3,(H,45,46)/t27-,28?,29?,32-,33-,35?,36?,38?,39?,40?/m1/s1. The maximum Gasteiger partial charge on any atom is 0.315 e. The van der Waals surface area contributed by atoms with Crippen LogP contribution in [-0.4, -0.2) is 46.0 Å². The maximum atomic E-state index is 14.2. The third kappa shape index (κ3) is 4.75. The summed E-state index contributed by atoms with van der Waals surface area (Å²) in [5, 5.41) is 24.4. The average molecular weight is 656 g/mol. The highest BCUT2D eigenvalue weighted by Gasteiger charge is 2.86. The van der Waals surface area contributed by atoms with E-state index in [0.717, 1.165) is 67.2 Å². The third-order valence-electron chi connectivity index (χ3n) is 13.7. The number of fused-ring (bicyclic) bond motifs is 2. The highest BCUT2D eigenvalue weighted by atomic mass is 16.5. The lowest BCUT2D eigenvalue weighted by Crippen LogP contribution is -2.65. The summed E-state index contributed by atoms with van der Waals surface area (Å²) in [6.07, 6.45) is 13.8. The van der Waals surface area contributed by atoms with Gasteiger partial charge in [0.2, 0.25) is 5.69 Å². The van der Waals surface area contributed by atoms with Crippen molar-refractivity contribution < 1.29 is 24.2 Å².